The van der Waals surface area contributed by atoms with Gasteiger partial charge in [0.15, 0.2) is 15.4 Å². The Morgan fingerprint density at radius 1 is 1.50 bits per heavy atom. The standard InChI is InChI=1S/C6H4BrN3OS/c7-4-2-1-3(11-4)5-9-6(8)10-12-5/h1-2H,(H2,8,10). The van der Waals surface area contributed by atoms with Gasteiger partial charge < -0.3 is 10.2 Å². The molecule has 12 heavy (non-hydrogen) atoms. The van der Waals surface area contributed by atoms with Crippen LogP contribution in [0.15, 0.2) is 21.2 Å². The number of halogens is 1. The maximum absolute atomic E-state index is 5.36. The molecule has 0 unspecified atom stereocenters. The third-order valence-electron chi connectivity index (χ3n) is 1.23. The maximum atomic E-state index is 5.36. The van der Waals surface area contributed by atoms with Crippen molar-refractivity contribution in [2.75, 3.05) is 5.73 Å². The molecular weight excluding hydrogens is 242 g/mol. The van der Waals surface area contributed by atoms with Gasteiger partial charge in [0, 0.05) is 0 Å². The van der Waals surface area contributed by atoms with Gasteiger partial charge in [0.05, 0.1) is 0 Å². The van der Waals surface area contributed by atoms with Gasteiger partial charge in [0.2, 0.25) is 5.95 Å². The number of hydrogen-bond acceptors (Lipinski definition) is 5. The molecule has 2 rings (SSSR count). The highest BCUT2D eigenvalue weighted by Gasteiger charge is 2.07. The quantitative estimate of drug-likeness (QED) is 0.837. The summed E-state index contributed by atoms with van der Waals surface area (Å²) < 4.78 is 9.76. The lowest BCUT2D eigenvalue weighted by Crippen LogP contribution is -1.84. The number of furan rings is 1. The van der Waals surface area contributed by atoms with E-state index in [9.17, 15) is 0 Å². The van der Waals surface area contributed by atoms with Crippen molar-refractivity contribution >= 4 is 33.4 Å². The molecule has 0 radical (unpaired) electrons. The second-order valence-electron chi connectivity index (χ2n) is 2.06. The number of rotatable bonds is 1. The lowest BCUT2D eigenvalue weighted by molar-refractivity contribution is 0.555. The molecule has 0 atom stereocenters. The lowest BCUT2D eigenvalue weighted by atomic mass is 10.5. The molecule has 2 aromatic heterocycles. The van der Waals surface area contributed by atoms with E-state index in [1.165, 1.54) is 11.5 Å². The van der Waals surface area contributed by atoms with Crippen LogP contribution in [0.25, 0.3) is 10.8 Å². The van der Waals surface area contributed by atoms with E-state index >= 15 is 0 Å². The minimum Gasteiger partial charge on any atom is -0.447 e. The van der Waals surface area contributed by atoms with Gasteiger partial charge in [-0.05, 0) is 39.6 Å². The van der Waals surface area contributed by atoms with Gasteiger partial charge in [-0.1, -0.05) is 0 Å². The zero-order valence-corrected chi connectivity index (χ0v) is 8.22. The second-order valence-corrected chi connectivity index (χ2v) is 3.59. The van der Waals surface area contributed by atoms with Crippen LogP contribution in [0.5, 0.6) is 0 Å². The molecule has 0 bridgehead atoms. The Kier molecular flexibility index (Phi) is 1.86. The van der Waals surface area contributed by atoms with Crippen LogP contribution in [0.1, 0.15) is 0 Å². The van der Waals surface area contributed by atoms with Crippen molar-refractivity contribution in [2.24, 2.45) is 0 Å². The van der Waals surface area contributed by atoms with E-state index in [0.29, 0.717) is 15.4 Å². The molecule has 0 amide bonds. The molecule has 0 saturated carbocycles. The van der Waals surface area contributed by atoms with Crippen LogP contribution >= 0.6 is 27.5 Å². The van der Waals surface area contributed by atoms with Crippen molar-refractivity contribution in [3.05, 3.63) is 16.8 Å². The van der Waals surface area contributed by atoms with Crippen LogP contribution in [0.3, 0.4) is 0 Å². The highest BCUT2D eigenvalue weighted by molar-refractivity contribution is 9.10. The van der Waals surface area contributed by atoms with E-state index in [0.717, 1.165) is 0 Å². The Balaban J connectivity index is 2.43. The smallest absolute Gasteiger partial charge is 0.232 e. The van der Waals surface area contributed by atoms with Crippen LogP contribution in [0.2, 0.25) is 0 Å². The third kappa shape index (κ3) is 1.35. The van der Waals surface area contributed by atoms with Gasteiger partial charge in [-0.15, -0.1) is 0 Å². The molecule has 2 heterocycles. The Bertz CT molecular complexity index is 359. The van der Waals surface area contributed by atoms with Gasteiger partial charge >= 0.3 is 0 Å². The predicted octanol–water partition coefficient (Wildman–Crippen LogP) is 2.14. The van der Waals surface area contributed by atoms with Crippen molar-refractivity contribution in [1.82, 2.24) is 9.36 Å². The molecule has 0 aliphatic carbocycles. The van der Waals surface area contributed by atoms with E-state index in [1.54, 1.807) is 6.07 Å². The topological polar surface area (TPSA) is 64.9 Å². The summed E-state index contributed by atoms with van der Waals surface area (Å²) in [5, 5.41) is 0.693. The molecule has 0 spiro atoms. The molecule has 0 aromatic carbocycles. The number of aromatic nitrogens is 2. The van der Waals surface area contributed by atoms with Gasteiger partial charge in [0.25, 0.3) is 0 Å². The van der Waals surface area contributed by atoms with Crippen LogP contribution in [0, 0.1) is 0 Å². The molecule has 0 saturated heterocycles. The molecule has 2 N–H and O–H groups in total. The highest BCUT2D eigenvalue weighted by Crippen LogP contribution is 2.26. The van der Waals surface area contributed by atoms with Crippen molar-refractivity contribution < 1.29 is 4.42 Å². The van der Waals surface area contributed by atoms with Gasteiger partial charge in [-0.2, -0.15) is 9.36 Å². The number of nitrogen functional groups attached to an aromatic ring is 1. The first-order valence-electron chi connectivity index (χ1n) is 3.10. The lowest BCUT2D eigenvalue weighted by Gasteiger charge is -1.84. The largest absolute Gasteiger partial charge is 0.447 e. The van der Waals surface area contributed by atoms with Gasteiger partial charge in [0.1, 0.15) is 0 Å². The van der Waals surface area contributed by atoms with Crippen molar-refractivity contribution in [2.45, 2.75) is 0 Å². The molecule has 6 heteroatoms. The summed E-state index contributed by atoms with van der Waals surface area (Å²) in [6, 6.07) is 3.61. The van der Waals surface area contributed by atoms with Gasteiger partial charge in [-0.25, -0.2) is 0 Å². The zero-order chi connectivity index (χ0) is 8.55. The van der Waals surface area contributed by atoms with E-state index < -0.39 is 0 Å². The van der Waals surface area contributed by atoms with Crippen molar-refractivity contribution in [3.8, 4) is 10.8 Å². The zero-order valence-electron chi connectivity index (χ0n) is 5.82. The first-order chi connectivity index (χ1) is 5.75. The number of nitrogens with two attached hydrogens (primary N) is 1. The first-order valence-corrected chi connectivity index (χ1v) is 4.67. The average molecular weight is 246 g/mol. The summed E-state index contributed by atoms with van der Waals surface area (Å²) in [5.41, 5.74) is 5.36. The first kappa shape index (κ1) is 7.75. The van der Waals surface area contributed by atoms with Crippen LogP contribution in [-0.2, 0) is 0 Å². The maximum Gasteiger partial charge on any atom is 0.232 e. The molecule has 62 valence electrons. The predicted molar refractivity (Wildman–Crippen MR) is 49.7 cm³/mol. The van der Waals surface area contributed by atoms with Crippen LogP contribution < -0.4 is 5.73 Å². The summed E-state index contributed by atoms with van der Waals surface area (Å²) >= 11 is 4.41. The second kappa shape index (κ2) is 2.87. The van der Waals surface area contributed by atoms with E-state index in [-0.39, 0.29) is 5.95 Å². The summed E-state index contributed by atoms with van der Waals surface area (Å²) in [6.45, 7) is 0. The normalized spacial score (nSPS) is 10.4. The van der Waals surface area contributed by atoms with Gasteiger partial charge in [-0.3, -0.25) is 0 Å². The average Bonchev–Trinajstić information content (AvgIpc) is 2.58. The summed E-state index contributed by atoms with van der Waals surface area (Å²) in [7, 11) is 0. The molecule has 4 nitrogen and oxygen atoms in total. The van der Waals surface area contributed by atoms with E-state index in [2.05, 4.69) is 25.3 Å². The molecule has 0 fully saturated rings. The molecule has 0 aliphatic heterocycles. The third-order valence-corrected chi connectivity index (χ3v) is 2.40. The SMILES string of the molecule is Nc1nsc(-c2ccc(Br)o2)n1. The number of anilines is 1. The van der Waals surface area contributed by atoms with E-state index in [1.807, 2.05) is 6.07 Å². The monoisotopic (exact) mass is 245 g/mol. The highest BCUT2D eigenvalue weighted by atomic mass is 79.9. The Morgan fingerprint density at radius 3 is 2.83 bits per heavy atom. The summed E-state index contributed by atoms with van der Waals surface area (Å²) in [5.74, 6) is 0.957. The fourth-order valence-corrected chi connectivity index (χ4v) is 1.63. The summed E-state index contributed by atoms with van der Waals surface area (Å²) in [6.07, 6.45) is 0. The number of hydrogen-bond donors (Lipinski definition) is 1. The van der Waals surface area contributed by atoms with E-state index in [4.69, 9.17) is 10.2 Å². The van der Waals surface area contributed by atoms with Crippen molar-refractivity contribution in [1.29, 1.82) is 0 Å². The molecule has 2 aromatic rings. The van der Waals surface area contributed by atoms with Crippen molar-refractivity contribution in [3.63, 3.8) is 0 Å². The summed E-state index contributed by atoms with van der Waals surface area (Å²) in [4.78, 5) is 3.96. The fraction of sp³-hybridized carbons (Fsp3) is 0. The minimum atomic E-state index is 0.280. The number of nitrogens with zero attached hydrogens (tertiary/aromatic N) is 2. The van der Waals surface area contributed by atoms with Crippen LogP contribution in [-0.4, -0.2) is 9.36 Å². The Morgan fingerprint density at radius 2 is 2.33 bits per heavy atom. The Hall–Kier alpha value is -0.880. The van der Waals surface area contributed by atoms with Crippen LogP contribution in [0.4, 0.5) is 5.95 Å². The Labute approximate surface area is 80.7 Å². The molecule has 0 aliphatic rings. The molecular formula is C6H4BrN3OS. The minimum absolute atomic E-state index is 0.280. The fourth-order valence-electron chi connectivity index (χ4n) is 0.764.